The van der Waals surface area contributed by atoms with E-state index < -0.39 is 17.7 Å². The molecule has 2 aliphatic rings. The first kappa shape index (κ1) is 15.4. The van der Waals surface area contributed by atoms with Crippen molar-refractivity contribution < 1.29 is 14.3 Å². The Morgan fingerprint density at radius 2 is 2.23 bits per heavy atom. The largest absolute Gasteiger partial charge is 0.393 e. The SMILES string of the molecule is Cn1cnnc1[C@H]1C[C@H](CNC(=O)C2(F)CCCC2)[C@H](O)C1. The number of hydrogen-bond donors (Lipinski definition) is 2. The normalized spacial score (nSPS) is 30.6. The number of carbonyl (C=O) groups is 1. The van der Waals surface area contributed by atoms with Gasteiger partial charge in [-0.15, -0.1) is 10.2 Å². The van der Waals surface area contributed by atoms with Gasteiger partial charge in [-0.2, -0.15) is 0 Å². The monoisotopic (exact) mass is 310 g/mol. The van der Waals surface area contributed by atoms with Gasteiger partial charge in [-0.3, -0.25) is 4.79 Å². The average molecular weight is 310 g/mol. The van der Waals surface area contributed by atoms with Crippen LogP contribution in [0.15, 0.2) is 6.33 Å². The molecule has 1 aromatic heterocycles. The second-order valence-corrected chi connectivity index (χ2v) is 6.68. The van der Waals surface area contributed by atoms with Crippen LogP contribution in [0.2, 0.25) is 0 Å². The number of hydrogen-bond acceptors (Lipinski definition) is 4. The topological polar surface area (TPSA) is 80.0 Å². The summed E-state index contributed by atoms with van der Waals surface area (Å²) in [6.07, 6.45) is 4.64. The third-order valence-corrected chi connectivity index (χ3v) is 5.10. The van der Waals surface area contributed by atoms with E-state index in [1.807, 2.05) is 11.6 Å². The molecule has 2 saturated carbocycles. The van der Waals surface area contributed by atoms with Gasteiger partial charge in [0.15, 0.2) is 5.67 Å². The Morgan fingerprint density at radius 3 is 2.86 bits per heavy atom. The van der Waals surface area contributed by atoms with Gasteiger partial charge in [0.2, 0.25) is 0 Å². The zero-order valence-corrected chi connectivity index (χ0v) is 12.8. The van der Waals surface area contributed by atoms with Crippen LogP contribution in [0.3, 0.4) is 0 Å². The molecule has 3 rings (SSSR count). The Hall–Kier alpha value is -1.50. The highest BCUT2D eigenvalue weighted by molar-refractivity contribution is 5.85. The molecule has 0 saturated heterocycles. The molecule has 22 heavy (non-hydrogen) atoms. The molecule has 0 unspecified atom stereocenters. The molecular weight excluding hydrogens is 287 g/mol. The molecule has 3 atom stereocenters. The molecule has 0 aliphatic heterocycles. The highest BCUT2D eigenvalue weighted by Gasteiger charge is 2.42. The lowest BCUT2D eigenvalue weighted by Crippen LogP contribution is -2.44. The molecule has 0 bridgehead atoms. The van der Waals surface area contributed by atoms with Crippen LogP contribution in [0.1, 0.15) is 50.3 Å². The van der Waals surface area contributed by atoms with Crippen molar-refractivity contribution in [3.63, 3.8) is 0 Å². The summed E-state index contributed by atoms with van der Waals surface area (Å²) >= 11 is 0. The van der Waals surface area contributed by atoms with Crippen LogP contribution in [-0.2, 0) is 11.8 Å². The van der Waals surface area contributed by atoms with Gasteiger partial charge < -0.3 is 15.0 Å². The summed E-state index contributed by atoms with van der Waals surface area (Å²) in [7, 11) is 1.88. The Morgan fingerprint density at radius 1 is 1.50 bits per heavy atom. The van der Waals surface area contributed by atoms with Gasteiger partial charge >= 0.3 is 0 Å². The van der Waals surface area contributed by atoms with Gasteiger partial charge in [-0.05, 0) is 38.5 Å². The number of aromatic nitrogens is 3. The molecular formula is C15H23FN4O2. The van der Waals surface area contributed by atoms with E-state index in [0.717, 1.165) is 25.1 Å². The molecule has 0 spiro atoms. The van der Waals surface area contributed by atoms with Gasteiger partial charge in [0.1, 0.15) is 12.2 Å². The first-order chi connectivity index (χ1) is 10.5. The minimum atomic E-state index is -1.70. The average Bonchev–Trinajstić information content (AvgIpc) is 3.18. The Bertz CT molecular complexity index is 541. The van der Waals surface area contributed by atoms with Gasteiger partial charge in [0, 0.05) is 25.4 Å². The van der Waals surface area contributed by atoms with E-state index in [0.29, 0.717) is 25.8 Å². The number of amides is 1. The maximum Gasteiger partial charge on any atom is 0.257 e. The summed E-state index contributed by atoms with van der Waals surface area (Å²) in [5, 5.41) is 20.8. The van der Waals surface area contributed by atoms with Gasteiger partial charge in [0.05, 0.1) is 6.10 Å². The van der Waals surface area contributed by atoms with Crippen molar-refractivity contribution >= 4 is 5.91 Å². The molecule has 2 N–H and O–H groups in total. The number of nitrogens with one attached hydrogen (secondary N) is 1. The molecule has 2 aliphatic carbocycles. The van der Waals surface area contributed by atoms with Crippen LogP contribution >= 0.6 is 0 Å². The highest BCUT2D eigenvalue weighted by Crippen LogP contribution is 2.38. The highest BCUT2D eigenvalue weighted by atomic mass is 19.1. The van der Waals surface area contributed by atoms with Gasteiger partial charge in [0.25, 0.3) is 5.91 Å². The van der Waals surface area contributed by atoms with Gasteiger partial charge in [-0.1, -0.05) is 0 Å². The van der Waals surface area contributed by atoms with Crippen molar-refractivity contribution in [1.29, 1.82) is 0 Å². The van der Waals surface area contributed by atoms with Crippen LogP contribution in [0.25, 0.3) is 0 Å². The maximum absolute atomic E-state index is 14.3. The van der Waals surface area contributed by atoms with E-state index in [1.165, 1.54) is 0 Å². The van der Waals surface area contributed by atoms with Crippen LogP contribution in [0.4, 0.5) is 4.39 Å². The van der Waals surface area contributed by atoms with Crippen molar-refractivity contribution in [2.24, 2.45) is 13.0 Å². The first-order valence-corrected chi connectivity index (χ1v) is 7.99. The molecule has 1 amide bonds. The van der Waals surface area contributed by atoms with E-state index in [9.17, 15) is 14.3 Å². The number of halogens is 1. The lowest BCUT2D eigenvalue weighted by molar-refractivity contribution is -0.132. The number of rotatable bonds is 4. The number of aliphatic hydroxyl groups excluding tert-OH is 1. The summed E-state index contributed by atoms with van der Waals surface area (Å²) in [5.41, 5.74) is -1.70. The van der Waals surface area contributed by atoms with Crippen LogP contribution in [-0.4, -0.2) is 44.1 Å². The fraction of sp³-hybridized carbons (Fsp3) is 0.800. The fourth-order valence-corrected chi connectivity index (χ4v) is 3.74. The molecule has 122 valence electrons. The Labute approximate surface area is 129 Å². The second-order valence-electron chi connectivity index (χ2n) is 6.68. The summed E-state index contributed by atoms with van der Waals surface area (Å²) in [6, 6.07) is 0. The molecule has 2 fully saturated rings. The minimum absolute atomic E-state index is 0.0596. The lowest BCUT2D eigenvalue weighted by Gasteiger charge is -2.21. The zero-order chi connectivity index (χ0) is 15.7. The first-order valence-electron chi connectivity index (χ1n) is 7.99. The predicted octanol–water partition coefficient (Wildman–Crippen LogP) is 1.07. The van der Waals surface area contributed by atoms with Crippen molar-refractivity contribution in [3.8, 4) is 0 Å². The molecule has 1 aromatic rings. The van der Waals surface area contributed by atoms with E-state index in [-0.39, 0.29) is 11.8 Å². The number of alkyl halides is 1. The molecule has 7 heteroatoms. The minimum Gasteiger partial charge on any atom is -0.393 e. The van der Waals surface area contributed by atoms with E-state index in [2.05, 4.69) is 15.5 Å². The molecule has 0 radical (unpaired) electrons. The summed E-state index contributed by atoms with van der Waals surface area (Å²) < 4.78 is 16.2. The van der Waals surface area contributed by atoms with E-state index >= 15 is 0 Å². The van der Waals surface area contributed by atoms with E-state index in [1.54, 1.807) is 6.33 Å². The second kappa shape index (κ2) is 5.95. The van der Waals surface area contributed by atoms with Gasteiger partial charge in [-0.25, -0.2) is 4.39 Å². The van der Waals surface area contributed by atoms with Crippen molar-refractivity contribution in [3.05, 3.63) is 12.2 Å². The van der Waals surface area contributed by atoms with Crippen LogP contribution in [0, 0.1) is 5.92 Å². The fourth-order valence-electron chi connectivity index (χ4n) is 3.74. The van der Waals surface area contributed by atoms with Crippen LogP contribution < -0.4 is 5.32 Å². The molecule has 0 aromatic carbocycles. The lowest BCUT2D eigenvalue weighted by atomic mass is 10.0. The quantitative estimate of drug-likeness (QED) is 0.872. The zero-order valence-electron chi connectivity index (χ0n) is 12.8. The van der Waals surface area contributed by atoms with Crippen molar-refractivity contribution in [1.82, 2.24) is 20.1 Å². The molecule has 6 nitrogen and oxygen atoms in total. The standard InChI is InChI=1S/C15H23FN4O2/c1-20-9-18-19-13(20)10-6-11(12(21)7-10)8-17-14(22)15(16)4-2-3-5-15/h9-12,21H,2-8H2,1H3,(H,17,22)/t10-,11+,12+/m0/s1. The predicted molar refractivity (Wildman–Crippen MR) is 77.8 cm³/mol. The maximum atomic E-state index is 14.3. The summed E-state index contributed by atoms with van der Waals surface area (Å²) in [4.78, 5) is 12.0. The summed E-state index contributed by atoms with van der Waals surface area (Å²) in [6.45, 7) is 0.319. The number of aliphatic hydroxyl groups is 1. The Balaban J connectivity index is 1.55. The van der Waals surface area contributed by atoms with Crippen molar-refractivity contribution in [2.45, 2.75) is 56.2 Å². The summed E-state index contributed by atoms with van der Waals surface area (Å²) in [5.74, 6) is 0.413. The van der Waals surface area contributed by atoms with E-state index in [4.69, 9.17) is 0 Å². The smallest absolute Gasteiger partial charge is 0.257 e. The Kier molecular flexibility index (Phi) is 4.16. The van der Waals surface area contributed by atoms with Crippen molar-refractivity contribution in [2.75, 3.05) is 6.54 Å². The number of aryl methyl sites for hydroxylation is 1. The third kappa shape index (κ3) is 2.86. The molecule has 1 heterocycles. The third-order valence-electron chi connectivity index (χ3n) is 5.10. The van der Waals surface area contributed by atoms with Crippen LogP contribution in [0.5, 0.6) is 0 Å². The number of carbonyl (C=O) groups excluding carboxylic acids is 1. The number of nitrogens with zero attached hydrogens (tertiary/aromatic N) is 3.